The molecule has 0 saturated carbocycles. The molecule has 1 saturated heterocycles. The summed E-state index contributed by atoms with van der Waals surface area (Å²) in [6.45, 7) is 6.35. The fourth-order valence-corrected chi connectivity index (χ4v) is 4.24. The van der Waals surface area contributed by atoms with E-state index in [0.29, 0.717) is 26.4 Å². The maximum Gasteiger partial charge on any atom is 0.113 e. The Morgan fingerprint density at radius 2 is 1.06 bits per heavy atom. The maximum atomic E-state index is 6.49. The van der Waals surface area contributed by atoms with Gasteiger partial charge in [0.25, 0.3) is 0 Å². The molecule has 1 heterocycles. The average Bonchev–Trinajstić information content (AvgIpc) is 2.86. The molecule has 0 aromatic heterocycles. The summed E-state index contributed by atoms with van der Waals surface area (Å²) in [5, 5.41) is 0. The van der Waals surface area contributed by atoms with Crippen molar-refractivity contribution < 1.29 is 18.9 Å². The predicted octanol–water partition coefficient (Wildman–Crippen LogP) is 5.80. The van der Waals surface area contributed by atoms with E-state index in [-0.39, 0.29) is 30.3 Å². The van der Waals surface area contributed by atoms with Gasteiger partial charge in [0, 0.05) is 5.92 Å². The molecule has 4 heteroatoms. The molecule has 0 amide bonds. The van der Waals surface area contributed by atoms with E-state index in [9.17, 15) is 0 Å². The third kappa shape index (κ3) is 6.75. The second kappa shape index (κ2) is 12.1. The Morgan fingerprint density at radius 3 is 1.58 bits per heavy atom. The molecule has 4 nitrogen and oxygen atoms in total. The van der Waals surface area contributed by atoms with Crippen LogP contribution in [0.3, 0.4) is 0 Å². The van der Waals surface area contributed by atoms with Crippen LogP contribution in [0, 0.1) is 5.92 Å². The lowest BCUT2D eigenvalue weighted by Crippen LogP contribution is -2.56. The Morgan fingerprint density at radius 1 is 0.606 bits per heavy atom. The van der Waals surface area contributed by atoms with Crippen LogP contribution < -0.4 is 0 Å². The number of hydrogen-bond acceptors (Lipinski definition) is 4. The second-order valence-corrected chi connectivity index (χ2v) is 8.76. The lowest BCUT2D eigenvalue weighted by Gasteiger charge is -2.44. The van der Waals surface area contributed by atoms with Crippen LogP contribution in [-0.2, 0) is 38.8 Å². The third-order valence-corrected chi connectivity index (χ3v) is 6.30. The number of benzene rings is 3. The van der Waals surface area contributed by atoms with Gasteiger partial charge in [0.1, 0.15) is 12.2 Å². The smallest absolute Gasteiger partial charge is 0.113 e. The zero-order chi connectivity index (χ0) is 22.9. The van der Waals surface area contributed by atoms with Crippen molar-refractivity contribution in [2.75, 3.05) is 6.61 Å². The van der Waals surface area contributed by atoms with E-state index in [1.54, 1.807) is 0 Å². The molecular weight excluding hydrogens is 412 g/mol. The normalized spacial score (nSPS) is 25.1. The molecule has 1 unspecified atom stereocenters. The van der Waals surface area contributed by atoms with Crippen LogP contribution in [0.15, 0.2) is 91.0 Å². The standard InChI is InChI=1S/C29H34O4/c1-22-23(2)33-27(21-30-18-24-12-6-3-7-13-24)29(32-20-26-16-10-5-11-17-26)28(22)31-19-25-14-8-4-9-15-25/h3-17,22-23,27-29H,18-21H2,1-2H3/t22-,23?,27+,28+,29+/m0/s1. The SMILES string of the molecule is CC1O[C@H](COCc2ccccc2)[C@@H](OCc2ccccc2)[C@H](OCc2ccccc2)[C@H]1C. The molecule has 0 radical (unpaired) electrons. The first-order valence-electron chi connectivity index (χ1n) is 11.8. The summed E-state index contributed by atoms with van der Waals surface area (Å²) in [5.74, 6) is 0.194. The Kier molecular flexibility index (Phi) is 8.67. The van der Waals surface area contributed by atoms with Crippen molar-refractivity contribution in [2.24, 2.45) is 5.92 Å². The summed E-state index contributed by atoms with van der Waals surface area (Å²) in [7, 11) is 0. The molecule has 0 bridgehead atoms. The third-order valence-electron chi connectivity index (χ3n) is 6.30. The average molecular weight is 447 g/mol. The van der Waals surface area contributed by atoms with E-state index in [1.807, 2.05) is 54.6 Å². The summed E-state index contributed by atoms with van der Waals surface area (Å²) in [4.78, 5) is 0. The molecule has 1 aliphatic rings. The second-order valence-electron chi connectivity index (χ2n) is 8.76. The summed E-state index contributed by atoms with van der Waals surface area (Å²) < 4.78 is 25.4. The lowest BCUT2D eigenvalue weighted by molar-refractivity contribution is -0.238. The van der Waals surface area contributed by atoms with Crippen LogP contribution in [0.1, 0.15) is 30.5 Å². The summed E-state index contributed by atoms with van der Waals surface area (Å²) >= 11 is 0. The van der Waals surface area contributed by atoms with Gasteiger partial charge in [-0.15, -0.1) is 0 Å². The molecule has 1 aliphatic heterocycles. The summed E-state index contributed by atoms with van der Waals surface area (Å²) in [5.41, 5.74) is 3.44. The maximum absolute atomic E-state index is 6.49. The quantitative estimate of drug-likeness (QED) is 0.395. The van der Waals surface area contributed by atoms with E-state index in [1.165, 1.54) is 0 Å². The molecule has 0 N–H and O–H groups in total. The van der Waals surface area contributed by atoms with Gasteiger partial charge in [-0.1, -0.05) is 97.9 Å². The molecular formula is C29H34O4. The minimum Gasteiger partial charge on any atom is -0.374 e. The minimum absolute atomic E-state index is 0.0488. The van der Waals surface area contributed by atoms with Crippen molar-refractivity contribution in [1.82, 2.24) is 0 Å². The highest BCUT2D eigenvalue weighted by atomic mass is 16.6. The van der Waals surface area contributed by atoms with E-state index >= 15 is 0 Å². The Bertz CT molecular complexity index is 932. The van der Waals surface area contributed by atoms with Gasteiger partial charge in [-0.05, 0) is 23.6 Å². The molecule has 4 rings (SSSR count). The first-order valence-corrected chi connectivity index (χ1v) is 11.8. The first-order chi connectivity index (χ1) is 16.2. The largest absolute Gasteiger partial charge is 0.374 e. The summed E-state index contributed by atoms with van der Waals surface area (Å²) in [6.07, 6.45) is -0.476. The van der Waals surface area contributed by atoms with Crippen molar-refractivity contribution in [3.05, 3.63) is 108 Å². The van der Waals surface area contributed by atoms with Crippen LogP contribution in [0.4, 0.5) is 0 Å². The van der Waals surface area contributed by atoms with Gasteiger partial charge in [-0.3, -0.25) is 0 Å². The predicted molar refractivity (Wildman–Crippen MR) is 130 cm³/mol. The molecule has 3 aromatic rings. The summed E-state index contributed by atoms with van der Waals surface area (Å²) in [6, 6.07) is 30.7. The van der Waals surface area contributed by atoms with Gasteiger partial charge in [0.15, 0.2) is 0 Å². The number of ether oxygens (including phenoxy) is 4. The first kappa shape index (κ1) is 23.7. The highest BCUT2D eigenvalue weighted by Crippen LogP contribution is 2.32. The molecule has 0 spiro atoms. The lowest BCUT2D eigenvalue weighted by atomic mass is 9.88. The fourth-order valence-electron chi connectivity index (χ4n) is 4.24. The van der Waals surface area contributed by atoms with Crippen LogP contribution in [0.5, 0.6) is 0 Å². The van der Waals surface area contributed by atoms with E-state index < -0.39 is 0 Å². The van der Waals surface area contributed by atoms with Crippen LogP contribution in [0.2, 0.25) is 0 Å². The van der Waals surface area contributed by atoms with Gasteiger partial charge in [0.2, 0.25) is 0 Å². The molecule has 174 valence electrons. The zero-order valence-electron chi connectivity index (χ0n) is 19.5. The van der Waals surface area contributed by atoms with Crippen LogP contribution in [0.25, 0.3) is 0 Å². The van der Waals surface area contributed by atoms with E-state index in [4.69, 9.17) is 18.9 Å². The molecule has 33 heavy (non-hydrogen) atoms. The monoisotopic (exact) mass is 446 g/mol. The van der Waals surface area contributed by atoms with Crippen molar-refractivity contribution in [3.63, 3.8) is 0 Å². The van der Waals surface area contributed by atoms with Crippen molar-refractivity contribution in [1.29, 1.82) is 0 Å². The number of rotatable bonds is 10. The van der Waals surface area contributed by atoms with E-state index in [0.717, 1.165) is 16.7 Å². The number of hydrogen-bond donors (Lipinski definition) is 0. The highest BCUT2D eigenvalue weighted by Gasteiger charge is 2.43. The van der Waals surface area contributed by atoms with Crippen LogP contribution >= 0.6 is 0 Å². The van der Waals surface area contributed by atoms with Gasteiger partial charge >= 0.3 is 0 Å². The molecule has 3 aromatic carbocycles. The van der Waals surface area contributed by atoms with Crippen LogP contribution in [-0.4, -0.2) is 31.0 Å². The molecule has 0 aliphatic carbocycles. The van der Waals surface area contributed by atoms with Gasteiger partial charge in [0.05, 0.1) is 38.6 Å². The fraction of sp³-hybridized carbons (Fsp3) is 0.379. The van der Waals surface area contributed by atoms with Crippen molar-refractivity contribution in [3.8, 4) is 0 Å². The highest BCUT2D eigenvalue weighted by molar-refractivity contribution is 5.15. The van der Waals surface area contributed by atoms with E-state index in [2.05, 4.69) is 50.2 Å². The van der Waals surface area contributed by atoms with Crippen molar-refractivity contribution in [2.45, 2.75) is 58.1 Å². The van der Waals surface area contributed by atoms with Gasteiger partial charge in [-0.2, -0.15) is 0 Å². The molecule has 1 fully saturated rings. The van der Waals surface area contributed by atoms with Gasteiger partial charge in [-0.25, -0.2) is 0 Å². The van der Waals surface area contributed by atoms with Crippen molar-refractivity contribution >= 4 is 0 Å². The van der Waals surface area contributed by atoms with Gasteiger partial charge < -0.3 is 18.9 Å². The Balaban J connectivity index is 1.46. The Hall–Kier alpha value is -2.50. The zero-order valence-corrected chi connectivity index (χ0v) is 19.5. The minimum atomic E-state index is -0.226. The Labute approximate surface area is 197 Å². The topological polar surface area (TPSA) is 36.9 Å². The molecule has 5 atom stereocenters.